The Balaban J connectivity index is 2.49. The Labute approximate surface area is 184 Å². The fourth-order valence-corrected chi connectivity index (χ4v) is 3.23. The Hall–Kier alpha value is -3.11. The van der Waals surface area contributed by atoms with E-state index in [1.165, 1.54) is 33.2 Å². The zero-order valence-corrected chi connectivity index (χ0v) is 18.3. The van der Waals surface area contributed by atoms with Crippen molar-refractivity contribution in [1.82, 2.24) is 5.32 Å². The summed E-state index contributed by atoms with van der Waals surface area (Å²) in [6, 6.07) is 3.83. The third-order valence-corrected chi connectivity index (χ3v) is 4.83. The van der Waals surface area contributed by atoms with Crippen molar-refractivity contribution in [1.29, 1.82) is 0 Å². The fraction of sp³-hybridized carbons (Fsp3) is 0.400. The molecule has 1 aliphatic heterocycles. The molecule has 1 amide bonds. The van der Waals surface area contributed by atoms with Gasteiger partial charge in [0.05, 0.1) is 33.5 Å². The Kier molecular flexibility index (Phi) is 8.40. The number of methoxy groups -OCH3 is 3. The second-order valence-corrected chi connectivity index (χ2v) is 6.88. The maximum atomic E-state index is 12.4. The Morgan fingerprint density at radius 3 is 2.39 bits per heavy atom. The van der Waals surface area contributed by atoms with E-state index < -0.39 is 29.9 Å². The smallest absolute Gasteiger partial charge is 0.355 e. The van der Waals surface area contributed by atoms with E-state index in [1.807, 2.05) is 0 Å². The van der Waals surface area contributed by atoms with E-state index in [4.69, 9.17) is 30.5 Å². The number of amides is 1. The lowest BCUT2D eigenvalue weighted by Gasteiger charge is -2.31. The average Bonchev–Trinajstić information content (AvgIpc) is 2.77. The van der Waals surface area contributed by atoms with Crippen LogP contribution in [0.25, 0.3) is 0 Å². The van der Waals surface area contributed by atoms with Crippen molar-refractivity contribution in [3.63, 3.8) is 0 Å². The van der Waals surface area contributed by atoms with Gasteiger partial charge in [0.25, 0.3) is 0 Å². The summed E-state index contributed by atoms with van der Waals surface area (Å²) >= 11 is 6.30. The number of ether oxygens (including phenoxy) is 4. The van der Waals surface area contributed by atoms with Gasteiger partial charge >= 0.3 is 17.9 Å². The molecule has 0 saturated carbocycles. The highest BCUT2D eigenvalue weighted by molar-refractivity contribution is 6.31. The summed E-state index contributed by atoms with van der Waals surface area (Å²) in [5, 5.41) is 2.85. The number of nitrogens with zero attached hydrogens (tertiary/aromatic N) is 1. The molecule has 0 saturated heterocycles. The summed E-state index contributed by atoms with van der Waals surface area (Å²) in [6.07, 6.45) is 0.0365. The minimum atomic E-state index is -0.964. The number of anilines is 1. The van der Waals surface area contributed by atoms with Crippen LogP contribution in [0.1, 0.15) is 12.5 Å². The second kappa shape index (κ2) is 10.8. The normalized spacial score (nSPS) is 14.5. The quantitative estimate of drug-likeness (QED) is 0.474. The molecule has 0 aliphatic carbocycles. The number of halogens is 1. The largest absolute Gasteiger partial charge is 0.467 e. The van der Waals surface area contributed by atoms with Crippen LogP contribution in [0.3, 0.4) is 0 Å². The van der Waals surface area contributed by atoms with Gasteiger partial charge in [-0.25, -0.2) is 14.4 Å². The van der Waals surface area contributed by atoms with Crippen LogP contribution in [-0.4, -0.2) is 64.5 Å². The Bertz CT molecular complexity index is 914. The third-order valence-electron chi connectivity index (χ3n) is 4.46. The summed E-state index contributed by atoms with van der Waals surface area (Å²) in [5.74, 6) is -2.52. The molecule has 168 valence electrons. The maximum Gasteiger partial charge on any atom is 0.355 e. The highest BCUT2D eigenvalue weighted by Gasteiger charge is 2.33. The molecule has 1 aromatic rings. The number of benzene rings is 1. The third kappa shape index (κ3) is 5.74. The predicted molar refractivity (Wildman–Crippen MR) is 109 cm³/mol. The van der Waals surface area contributed by atoms with Gasteiger partial charge in [-0.05, 0) is 23.8 Å². The number of carbonyl (C=O) groups is 4. The van der Waals surface area contributed by atoms with Crippen LogP contribution >= 0.6 is 11.6 Å². The SMILES string of the molecule is COC(=O)C1=C(C(=O)OC)N(c2ccc(Cl)c(CC(NC(C)=O)C(=O)OC)c2)COC1. The van der Waals surface area contributed by atoms with Crippen molar-refractivity contribution >= 4 is 41.1 Å². The number of rotatable bonds is 7. The lowest BCUT2D eigenvalue weighted by Crippen LogP contribution is -2.42. The van der Waals surface area contributed by atoms with Crippen LogP contribution in [0, 0.1) is 0 Å². The number of nitrogens with one attached hydrogen (secondary N) is 1. The van der Waals surface area contributed by atoms with Crippen molar-refractivity contribution in [2.75, 3.05) is 39.6 Å². The molecule has 0 radical (unpaired) electrons. The summed E-state index contributed by atoms with van der Waals surface area (Å²) in [6.45, 7) is 1.11. The van der Waals surface area contributed by atoms with Crippen LogP contribution in [0.4, 0.5) is 5.69 Å². The first-order valence-corrected chi connectivity index (χ1v) is 9.49. The summed E-state index contributed by atoms with van der Waals surface area (Å²) in [5.41, 5.74) is 0.924. The van der Waals surface area contributed by atoms with E-state index in [0.29, 0.717) is 16.3 Å². The molecule has 1 heterocycles. The molecule has 31 heavy (non-hydrogen) atoms. The van der Waals surface area contributed by atoms with Crippen molar-refractivity contribution in [2.45, 2.75) is 19.4 Å². The lowest BCUT2D eigenvalue weighted by molar-refractivity contribution is -0.144. The highest BCUT2D eigenvalue weighted by Crippen LogP contribution is 2.30. The number of carbonyl (C=O) groups excluding carboxylic acids is 4. The average molecular weight is 455 g/mol. The van der Waals surface area contributed by atoms with Gasteiger partial charge in [0.1, 0.15) is 18.5 Å². The molecule has 1 aliphatic rings. The molecule has 0 fully saturated rings. The first-order valence-electron chi connectivity index (χ1n) is 9.11. The highest BCUT2D eigenvalue weighted by atomic mass is 35.5. The number of hydrogen-bond donors (Lipinski definition) is 1. The van der Waals surface area contributed by atoms with Crippen LogP contribution in [0.15, 0.2) is 29.5 Å². The maximum absolute atomic E-state index is 12.4. The molecular formula is C20H23ClN2O8. The molecule has 1 N–H and O–H groups in total. The van der Waals surface area contributed by atoms with Gasteiger partial charge in [-0.1, -0.05) is 11.6 Å². The monoisotopic (exact) mass is 454 g/mol. The zero-order valence-electron chi connectivity index (χ0n) is 17.5. The Morgan fingerprint density at radius 1 is 1.13 bits per heavy atom. The van der Waals surface area contributed by atoms with E-state index >= 15 is 0 Å². The van der Waals surface area contributed by atoms with Gasteiger partial charge in [-0.2, -0.15) is 0 Å². The van der Waals surface area contributed by atoms with Crippen molar-refractivity contribution in [2.24, 2.45) is 0 Å². The van der Waals surface area contributed by atoms with E-state index in [2.05, 4.69) is 5.32 Å². The molecule has 11 heteroatoms. The summed E-state index contributed by atoms with van der Waals surface area (Å²) < 4.78 is 19.8. The van der Waals surface area contributed by atoms with Gasteiger partial charge in [0.15, 0.2) is 0 Å². The first-order chi connectivity index (χ1) is 14.7. The van der Waals surface area contributed by atoms with Crippen LogP contribution in [0.2, 0.25) is 5.02 Å². The minimum Gasteiger partial charge on any atom is -0.467 e. The van der Waals surface area contributed by atoms with E-state index in [-0.39, 0.29) is 31.0 Å². The second-order valence-electron chi connectivity index (χ2n) is 6.47. The van der Waals surface area contributed by atoms with Crippen molar-refractivity contribution in [3.05, 3.63) is 40.1 Å². The summed E-state index contributed by atoms with van der Waals surface area (Å²) in [7, 11) is 3.60. The molecule has 0 spiro atoms. The van der Waals surface area contributed by atoms with Gasteiger partial charge < -0.3 is 29.2 Å². The van der Waals surface area contributed by atoms with E-state index in [1.54, 1.807) is 18.2 Å². The fourth-order valence-electron chi connectivity index (χ4n) is 3.03. The standard InChI is InChI=1S/C20H23ClN2O8/c1-11(24)22-16(19(26)29-3)8-12-7-13(5-6-15(12)21)23-10-31-9-14(18(25)28-2)17(23)20(27)30-4/h5-7,16H,8-10H2,1-4H3,(H,22,24). The van der Waals surface area contributed by atoms with Crippen LogP contribution in [-0.2, 0) is 44.5 Å². The molecule has 10 nitrogen and oxygen atoms in total. The van der Waals surface area contributed by atoms with Crippen molar-refractivity contribution < 1.29 is 38.1 Å². The van der Waals surface area contributed by atoms with E-state index in [0.717, 1.165) is 0 Å². The topological polar surface area (TPSA) is 120 Å². The predicted octanol–water partition coefficient (Wildman–Crippen LogP) is 0.954. The van der Waals surface area contributed by atoms with Gasteiger partial charge in [-0.15, -0.1) is 0 Å². The lowest BCUT2D eigenvalue weighted by atomic mass is 10.0. The molecule has 1 unspecified atom stereocenters. The molecule has 1 atom stereocenters. The van der Waals surface area contributed by atoms with Crippen LogP contribution in [0.5, 0.6) is 0 Å². The number of hydrogen-bond acceptors (Lipinski definition) is 9. The zero-order chi connectivity index (χ0) is 23.1. The molecule has 1 aromatic carbocycles. The molecule has 0 aromatic heterocycles. The minimum absolute atomic E-state index is 0.00258. The molecule has 2 rings (SSSR count). The summed E-state index contributed by atoms with van der Waals surface area (Å²) in [4.78, 5) is 49.5. The Morgan fingerprint density at radius 2 is 1.81 bits per heavy atom. The van der Waals surface area contributed by atoms with Gasteiger partial charge in [0.2, 0.25) is 5.91 Å². The van der Waals surface area contributed by atoms with Gasteiger partial charge in [0, 0.05) is 24.1 Å². The molecule has 0 bridgehead atoms. The number of esters is 3. The van der Waals surface area contributed by atoms with Crippen LogP contribution < -0.4 is 10.2 Å². The van der Waals surface area contributed by atoms with Gasteiger partial charge in [-0.3, -0.25) is 4.79 Å². The van der Waals surface area contributed by atoms with Crippen molar-refractivity contribution in [3.8, 4) is 0 Å². The first kappa shape index (κ1) is 24.2. The molecular weight excluding hydrogens is 432 g/mol. The van der Waals surface area contributed by atoms with E-state index in [9.17, 15) is 19.2 Å².